The largest absolute Gasteiger partial charge is 0.376 e. The molecule has 0 amide bonds. The van der Waals surface area contributed by atoms with E-state index in [1.165, 1.54) is 4.70 Å². The zero-order chi connectivity index (χ0) is 19.6. The second-order valence-electron chi connectivity index (χ2n) is 6.92. The number of aromatic nitrogens is 4. The average molecular weight is 443 g/mol. The van der Waals surface area contributed by atoms with Gasteiger partial charge in [0.25, 0.3) is 0 Å². The Kier molecular flexibility index (Phi) is 5.54. The third kappa shape index (κ3) is 4.19. The van der Waals surface area contributed by atoms with Crippen molar-refractivity contribution in [1.82, 2.24) is 19.7 Å². The molecule has 1 aliphatic rings. The Morgan fingerprint density at radius 1 is 1.14 bits per heavy atom. The van der Waals surface area contributed by atoms with E-state index in [2.05, 4.69) is 26.9 Å². The maximum Gasteiger partial charge on any atom is 0.191 e. The van der Waals surface area contributed by atoms with Gasteiger partial charge in [-0.1, -0.05) is 35.5 Å². The van der Waals surface area contributed by atoms with Gasteiger partial charge in [-0.05, 0) is 49.2 Å². The molecule has 0 saturated carbocycles. The van der Waals surface area contributed by atoms with Crippen LogP contribution in [-0.4, -0.2) is 32.5 Å². The molecule has 0 radical (unpaired) electrons. The zero-order valence-electron chi connectivity index (χ0n) is 15.6. The van der Waals surface area contributed by atoms with E-state index >= 15 is 0 Å². The normalized spacial score (nSPS) is 16.7. The third-order valence-corrected chi connectivity index (χ3v) is 7.34. The molecule has 4 aromatic rings. The molecule has 5 nitrogen and oxygen atoms in total. The molecule has 2 aromatic carbocycles. The Labute approximate surface area is 182 Å². The summed E-state index contributed by atoms with van der Waals surface area (Å²) in [6, 6.07) is 16.0. The lowest BCUT2D eigenvalue weighted by molar-refractivity contribution is 0.0953. The van der Waals surface area contributed by atoms with Crippen LogP contribution in [0, 0.1) is 0 Å². The van der Waals surface area contributed by atoms with Gasteiger partial charge in [0.05, 0.1) is 28.6 Å². The van der Waals surface area contributed by atoms with Crippen LogP contribution in [0.1, 0.15) is 17.8 Å². The quantitative estimate of drug-likeness (QED) is 0.359. The van der Waals surface area contributed by atoms with Crippen molar-refractivity contribution < 1.29 is 4.74 Å². The summed E-state index contributed by atoms with van der Waals surface area (Å²) < 4.78 is 9.27. The van der Waals surface area contributed by atoms with Crippen molar-refractivity contribution in [2.75, 3.05) is 6.61 Å². The van der Waals surface area contributed by atoms with Crippen molar-refractivity contribution in [2.24, 2.45) is 0 Å². The molecule has 3 heterocycles. The summed E-state index contributed by atoms with van der Waals surface area (Å²) in [6.07, 6.45) is 2.39. The Bertz CT molecular complexity index is 1090. The van der Waals surface area contributed by atoms with Crippen molar-refractivity contribution in [1.29, 1.82) is 0 Å². The average Bonchev–Trinajstić information content (AvgIpc) is 3.47. The van der Waals surface area contributed by atoms with Crippen LogP contribution >= 0.6 is 34.7 Å². The fourth-order valence-electron chi connectivity index (χ4n) is 3.47. The van der Waals surface area contributed by atoms with Crippen LogP contribution in [-0.2, 0) is 17.0 Å². The lowest BCUT2D eigenvalue weighted by Crippen LogP contribution is -2.16. The fourth-order valence-corrected chi connectivity index (χ4v) is 5.51. The summed E-state index contributed by atoms with van der Waals surface area (Å²) >= 11 is 9.46. The summed E-state index contributed by atoms with van der Waals surface area (Å²) in [7, 11) is 0. The minimum atomic E-state index is 0.207. The number of benzene rings is 2. The number of thiazole rings is 1. The number of para-hydroxylation sites is 1. The number of hydrogen-bond acceptors (Lipinski definition) is 6. The number of rotatable bonds is 6. The Morgan fingerprint density at radius 3 is 2.79 bits per heavy atom. The van der Waals surface area contributed by atoms with Crippen molar-refractivity contribution in [3.63, 3.8) is 0 Å². The molecule has 1 saturated heterocycles. The predicted molar refractivity (Wildman–Crippen MR) is 119 cm³/mol. The van der Waals surface area contributed by atoms with E-state index < -0.39 is 0 Å². The number of halogens is 1. The SMILES string of the molecule is Clc1ccc(-c2nnc(SCc3nc4ccccc4s3)n2C[C@@H]2CCCO2)cc1. The number of hydrogen-bond donors (Lipinski definition) is 0. The van der Waals surface area contributed by atoms with E-state index in [9.17, 15) is 0 Å². The number of fused-ring (bicyclic) bond motifs is 1. The first kappa shape index (κ1) is 19.1. The van der Waals surface area contributed by atoms with Gasteiger partial charge in [-0.3, -0.25) is 4.57 Å². The third-order valence-electron chi connectivity index (χ3n) is 4.89. The van der Waals surface area contributed by atoms with Gasteiger partial charge in [0.15, 0.2) is 11.0 Å². The molecule has 148 valence electrons. The monoisotopic (exact) mass is 442 g/mol. The maximum atomic E-state index is 6.06. The van der Waals surface area contributed by atoms with E-state index in [0.717, 1.165) is 58.8 Å². The number of thioether (sulfide) groups is 1. The molecule has 0 N–H and O–H groups in total. The van der Waals surface area contributed by atoms with Crippen LogP contribution in [0.5, 0.6) is 0 Å². The summed E-state index contributed by atoms with van der Waals surface area (Å²) in [5, 5.41) is 11.7. The molecule has 0 unspecified atom stereocenters. The van der Waals surface area contributed by atoms with Crippen molar-refractivity contribution >= 4 is 44.9 Å². The zero-order valence-corrected chi connectivity index (χ0v) is 18.0. The van der Waals surface area contributed by atoms with Gasteiger partial charge >= 0.3 is 0 Å². The van der Waals surface area contributed by atoms with Crippen LogP contribution < -0.4 is 0 Å². The minimum absolute atomic E-state index is 0.207. The van der Waals surface area contributed by atoms with E-state index in [4.69, 9.17) is 21.3 Å². The van der Waals surface area contributed by atoms with Crippen molar-refractivity contribution in [3.05, 3.63) is 58.6 Å². The Balaban J connectivity index is 1.42. The predicted octanol–water partition coefficient (Wildman–Crippen LogP) is 5.68. The van der Waals surface area contributed by atoms with Gasteiger partial charge < -0.3 is 4.74 Å². The molecule has 29 heavy (non-hydrogen) atoms. The summed E-state index contributed by atoms with van der Waals surface area (Å²) in [4.78, 5) is 4.74. The van der Waals surface area contributed by atoms with Gasteiger partial charge in [0.2, 0.25) is 0 Å². The molecule has 1 aliphatic heterocycles. The second-order valence-corrected chi connectivity index (χ2v) is 9.42. The highest BCUT2D eigenvalue weighted by Gasteiger charge is 2.22. The Hall–Kier alpha value is -1.93. The van der Waals surface area contributed by atoms with E-state index in [1.54, 1.807) is 23.1 Å². The van der Waals surface area contributed by atoms with E-state index in [1.807, 2.05) is 36.4 Å². The molecule has 1 atom stereocenters. The van der Waals surface area contributed by atoms with E-state index in [-0.39, 0.29) is 6.10 Å². The minimum Gasteiger partial charge on any atom is -0.376 e. The van der Waals surface area contributed by atoms with Crippen molar-refractivity contribution in [2.45, 2.75) is 36.4 Å². The van der Waals surface area contributed by atoms with Crippen LogP contribution in [0.15, 0.2) is 53.7 Å². The maximum absolute atomic E-state index is 6.06. The fraction of sp³-hybridized carbons (Fsp3) is 0.286. The topological polar surface area (TPSA) is 52.8 Å². The molecule has 0 aliphatic carbocycles. The second kappa shape index (κ2) is 8.44. The summed E-state index contributed by atoms with van der Waals surface area (Å²) in [6.45, 7) is 1.59. The number of nitrogens with zero attached hydrogens (tertiary/aromatic N) is 4. The molecular weight excluding hydrogens is 424 g/mol. The van der Waals surface area contributed by atoms with Gasteiger partial charge in [0.1, 0.15) is 5.01 Å². The van der Waals surface area contributed by atoms with Crippen LogP contribution in [0.3, 0.4) is 0 Å². The van der Waals surface area contributed by atoms with E-state index in [0.29, 0.717) is 5.02 Å². The first-order valence-electron chi connectivity index (χ1n) is 9.54. The molecule has 2 aromatic heterocycles. The molecule has 8 heteroatoms. The van der Waals surface area contributed by atoms with Crippen molar-refractivity contribution in [3.8, 4) is 11.4 Å². The summed E-state index contributed by atoms with van der Waals surface area (Å²) in [5.74, 6) is 1.62. The lowest BCUT2D eigenvalue weighted by atomic mass is 10.2. The van der Waals surface area contributed by atoms with Gasteiger partial charge in [-0.2, -0.15) is 0 Å². The Morgan fingerprint density at radius 2 is 2.00 bits per heavy atom. The first-order valence-corrected chi connectivity index (χ1v) is 11.7. The highest BCUT2D eigenvalue weighted by atomic mass is 35.5. The standard InChI is InChI=1S/C21H19ClN4OS2/c22-15-9-7-14(8-10-15)20-24-25-21(26(20)12-16-4-3-11-27-16)28-13-19-23-17-5-1-2-6-18(17)29-19/h1-2,5-10,16H,3-4,11-13H2/t16-/m0/s1. The highest BCUT2D eigenvalue weighted by molar-refractivity contribution is 7.98. The smallest absolute Gasteiger partial charge is 0.191 e. The van der Waals surface area contributed by atoms with Crippen LogP contribution in [0.4, 0.5) is 0 Å². The molecular formula is C21H19ClN4OS2. The van der Waals surface area contributed by atoms with Crippen LogP contribution in [0.25, 0.3) is 21.6 Å². The lowest BCUT2D eigenvalue weighted by Gasteiger charge is -2.14. The first-order chi connectivity index (χ1) is 14.3. The number of ether oxygens (including phenoxy) is 1. The van der Waals surface area contributed by atoms with Gasteiger partial charge in [-0.25, -0.2) is 4.98 Å². The van der Waals surface area contributed by atoms with Gasteiger partial charge in [-0.15, -0.1) is 21.5 Å². The molecule has 0 spiro atoms. The molecule has 5 rings (SSSR count). The van der Waals surface area contributed by atoms with Crippen LogP contribution in [0.2, 0.25) is 5.02 Å². The van der Waals surface area contributed by atoms with Gasteiger partial charge in [0, 0.05) is 17.2 Å². The highest BCUT2D eigenvalue weighted by Crippen LogP contribution is 2.31. The molecule has 0 bridgehead atoms. The summed E-state index contributed by atoms with van der Waals surface area (Å²) in [5.41, 5.74) is 2.06. The molecule has 1 fully saturated rings.